The smallest absolute Gasteiger partial charge is 0.326 e. The Morgan fingerprint density at radius 1 is 0.786 bits per heavy atom. The van der Waals surface area contributed by atoms with Crippen molar-refractivity contribution in [1.29, 1.82) is 0 Å². The third-order valence-electron chi connectivity index (χ3n) is 6.77. The van der Waals surface area contributed by atoms with E-state index in [1.54, 1.807) is 13.8 Å². The second-order valence-corrected chi connectivity index (χ2v) is 11.4. The highest BCUT2D eigenvalue weighted by Gasteiger charge is 2.35. The Hall–Kier alpha value is -3.46. The van der Waals surface area contributed by atoms with Crippen LogP contribution in [0.3, 0.4) is 0 Å². The SMILES string of the molecule is CC[C@H](C)[C@H](N)C(=O)N[C@H](C(=O)N[C@H](C(=O)N[C@@H](CC(C)C)C(=O)N[C@@H](CCCN=C(N)N)C(=O)O)[C@@H](C)O)C(C)C. The largest absolute Gasteiger partial charge is 0.480 e. The molecule has 15 nitrogen and oxygen atoms in total. The van der Waals surface area contributed by atoms with Crippen LogP contribution >= 0.6 is 0 Å². The summed E-state index contributed by atoms with van der Waals surface area (Å²) in [6.07, 6.45) is -0.243. The van der Waals surface area contributed by atoms with Gasteiger partial charge in [-0.3, -0.25) is 24.2 Å². The first-order valence-corrected chi connectivity index (χ1v) is 14.4. The van der Waals surface area contributed by atoms with Gasteiger partial charge in [-0.05, 0) is 43.9 Å². The van der Waals surface area contributed by atoms with Crippen LogP contribution in [-0.2, 0) is 24.0 Å². The predicted octanol–water partition coefficient (Wildman–Crippen LogP) is -1.48. The molecule has 0 aromatic carbocycles. The third-order valence-corrected chi connectivity index (χ3v) is 6.77. The van der Waals surface area contributed by atoms with E-state index < -0.39 is 65.9 Å². The number of nitrogens with zero attached hydrogens (tertiary/aromatic N) is 1. The molecule has 0 bridgehead atoms. The Bertz CT molecular complexity index is 937. The van der Waals surface area contributed by atoms with Crippen LogP contribution in [0.2, 0.25) is 0 Å². The summed E-state index contributed by atoms with van der Waals surface area (Å²) in [5.41, 5.74) is 16.5. The van der Waals surface area contributed by atoms with Gasteiger partial charge in [0.15, 0.2) is 5.96 Å². The van der Waals surface area contributed by atoms with E-state index in [4.69, 9.17) is 17.2 Å². The highest BCUT2D eigenvalue weighted by Crippen LogP contribution is 2.10. The van der Waals surface area contributed by atoms with Gasteiger partial charge in [-0.15, -0.1) is 0 Å². The molecule has 0 heterocycles. The summed E-state index contributed by atoms with van der Waals surface area (Å²) < 4.78 is 0. The number of nitrogens with one attached hydrogen (secondary N) is 4. The molecule has 0 aliphatic carbocycles. The van der Waals surface area contributed by atoms with Crippen LogP contribution in [0, 0.1) is 17.8 Å². The molecule has 0 aliphatic rings. The molecule has 0 fully saturated rings. The fourth-order valence-electron chi connectivity index (χ4n) is 3.94. The lowest BCUT2D eigenvalue weighted by Gasteiger charge is -2.29. The van der Waals surface area contributed by atoms with Crippen LogP contribution in [0.5, 0.6) is 0 Å². The minimum absolute atomic E-state index is 0.0373. The van der Waals surface area contributed by atoms with E-state index in [9.17, 15) is 34.2 Å². The molecule has 0 spiro atoms. The van der Waals surface area contributed by atoms with E-state index >= 15 is 0 Å². The van der Waals surface area contributed by atoms with Gasteiger partial charge in [-0.1, -0.05) is 48.0 Å². The third kappa shape index (κ3) is 13.9. The van der Waals surface area contributed by atoms with Gasteiger partial charge < -0.3 is 48.7 Å². The summed E-state index contributed by atoms with van der Waals surface area (Å²) in [6, 6.07) is -5.79. The number of aliphatic imine (C=N–C) groups is 1. The lowest BCUT2D eigenvalue weighted by Crippen LogP contribution is -2.62. The van der Waals surface area contributed by atoms with Crippen molar-refractivity contribution in [3.05, 3.63) is 0 Å². The number of aliphatic hydroxyl groups is 1. The van der Waals surface area contributed by atoms with Gasteiger partial charge in [0.1, 0.15) is 24.2 Å². The van der Waals surface area contributed by atoms with Crippen molar-refractivity contribution >= 4 is 35.6 Å². The normalized spacial score (nSPS) is 16.3. The van der Waals surface area contributed by atoms with Crippen molar-refractivity contribution < 1.29 is 34.2 Å². The second kappa shape index (κ2) is 18.9. The molecule has 0 radical (unpaired) electrons. The Labute approximate surface area is 248 Å². The monoisotopic (exact) mass is 600 g/mol. The number of hydrogen-bond acceptors (Lipinski definition) is 8. The van der Waals surface area contributed by atoms with E-state index in [2.05, 4.69) is 26.3 Å². The zero-order chi connectivity index (χ0) is 32.7. The summed E-state index contributed by atoms with van der Waals surface area (Å²) in [5, 5.41) is 30.0. The molecule has 4 amide bonds. The Balaban J connectivity index is 5.70. The zero-order valence-electron chi connectivity index (χ0n) is 25.8. The molecule has 0 saturated carbocycles. The fraction of sp³-hybridized carbons (Fsp3) is 0.778. The highest BCUT2D eigenvalue weighted by atomic mass is 16.4. The zero-order valence-corrected chi connectivity index (χ0v) is 25.8. The van der Waals surface area contributed by atoms with E-state index in [0.29, 0.717) is 6.42 Å². The molecule has 0 rings (SSSR count). The molecule has 0 aliphatic heterocycles. The van der Waals surface area contributed by atoms with Crippen molar-refractivity contribution in [1.82, 2.24) is 21.3 Å². The standard InChI is InChI=1S/C27H52N8O7/c1-8-15(6)19(28)23(38)34-20(14(4)5)24(39)35-21(16(7)36)25(40)33-18(12-13(2)3)22(37)32-17(26(41)42)10-9-11-31-27(29)30/h13-21,36H,8-12,28H2,1-7H3,(H,32,37)(H,33,40)(H,34,38)(H,35,39)(H,41,42)(H4,29,30,31)/t15-,16+,17-,18-,19-,20-,21-/m0/s1. The lowest BCUT2D eigenvalue weighted by atomic mass is 9.97. The molecule has 0 unspecified atom stereocenters. The van der Waals surface area contributed by atoms with Gasteiger partial charge in [0.25, 0.3) is 0 Å². The number of carbonyl (C=O) groups excluding carboxylic acids is 4. The van der Waals surface area contributed by atoms with Crippen LogP contribution in [0.1, 0.15) is 74.1 Å². The van der Waals surface area contributed by atoms with Crippen LogP contribution in [0.25, 0.3) is 0 Å². The van der Waals surface area contributed by atoms with Gasteiger partial charge in [-0.25, -0.2) is 4.79 Å². The summed E-state index contributed by atoms with van der Waals surface area (Å²) >= 11 is 0. The van der Waals surface area contributed by atoms with E-state index in [0.717, 1.165) is 0 Å². The van der Waals surface area contributed by atoms with E-state index in [1.165, 1.54) is 6.92 Å². The van der Waals surface area contributed by atoms with Crippen molar-refractivity contribution in [3.63, 3.8) is 0 Å². The average molecular weight is 601 g/mol. The summed E-state index contributed by atoms with van der Waals surface area (Å²) in [7, 11) is 0. The van der Waals surface area contributed by atoms with E-state index in [-0.39, 0.29) is 49.5 Å². The van der Waals surface area contributed by atoms with Gasteiger partial charge in [0.05, 0.1) is 12.1 Å². The second-order valence-electron chi connectivity index (χ2n) is 11.4. The molecule has 7 atom stereocenters. The van der Waals surface area contributed by atoms with Crippen molar-refractivity contribution in [2.75, 3.05) is 6.54 Å². The Morgan fingerprint density at radius 2 is 1.31 bits per heavy atom. The van der Waals surface area contributed by atoms with Crippen molar-refractivity contribution in [2.24, 2.45) is 39.9 Å². The Kier molecular flexibility index (Phi) is 17.3. The van der Waals surface area contributed by atoms with Gasteiger partial charge in [0.2, 0.25) is 23.6 Å². The number of amides is 4. The maximum Gasteiger partial charge on any atom is 0.326 e. The van der Waals surface area contributed by atoms with E-state index in [1.807, 2.05) is 27.7 Å². The first-order valence-electron chi connectivity index (χ1n) is 14.4. The molecule has 12 N–H and O–H groups in total. The number of aliphatic carboxylic acids is 1. The van der Waals surface area contributed by atoms with Gasteiger partial charge in [0, 0.05) is 6.54 Å². The molecule has 15 heteroatoms. The number of nitrogens with two attached hydrogens (primary N) is 3. The molecule has 0 aromatic rings. The number of guanidine groups is 1. The average Bonchev–Trinajstić information content (AvgIpc) is 2.89. The molecule has 0 aromatic heterocycles. The summed E-state index contributed by atoms with van der Waals surface area (Å²) in [4.78, 5) is 67.6. The molecule has 42 heavy (non-hydrogen) atoms. The minimum atomic E-state index is -1.48. The highest BCUT2D eigenvalue weighted by molar-refractivity contribution is 5.95. The van der Waals surface area contributed by atoms with Crippen LogP contribution < -0.4 is 38.5 Å². The predicted molar refractivity (Wildman–Crippen MR) is 159 cm³/mol. The van der Waals surface area contributed by atoms with Crippen LogP contribution in [0.4, 0.5) is 0 Å². The topological polar surface area (TPSA) is 264 Å². The van der Waals surface area contributed by atoms with Gasteiger partial charge >= 0.3 is 5.97 Å². The minimum Gasteiger partial charge on any atom is -0.480 e. The molecular formula is C27H52N8O7. The Morgan fingerprint density at radius 3 is 1.76 bits per heavy atom. The molecule has 242 valence electrons. The summed E-state index contributed by atoms with van der Waals surface area (Å²) in [6.45, 7) is 12.2. The van der Waals surface area contributed by atoms with Crippen LogP contribution in [-0.4, -0.2) is 88.6 Å². The fourth-order valence-corrected chi connectivity index (χ4v) is 3.94. The number of carboxylic acid groups (broad SMARTS) is 1. The quantitative estimate of drug-likeness (QED) is 0.0471. The number of rotatable bonds is 19. The van der Waals surface area contributed by atoms with Crippen molar-refractivity contribution in [2.45, 2.75) is 110 Å². The van der Waals surface area contributed by atoms with Gasteiger partial charge in [-0.2, -0.15) is 0 Å². The lowest BCUT2D eigenvalue weighted by molar-refractivity contribution is -0.142. The number of carboxylic acids is 1. The first kappa shape index (κ1) is 38.5. The molecule has 0 saturated heterocycles. The molecular weight excluding hydrogens is 548 g/mol. The number of aliphatic hydroxyl groups excluding tert-OH is 1. The maximum absolute atomic E-state index is 13.2. The summed E-state index contributed by atoms with van der Waals surface area (Å²) in [5.74, 6) is -4.83. The number of carbonyl (C=O) groups is 5. The number of hydrogen-bond donors (Lipinski definition) is 9. The first-order chi connectivity index (χ1) is 19.4. The van der Waals surface area contributed by atoms with Crippen molar-refractivity contribution in [3.8, 4) is 0 Å². The van der Waals surface area contributed by atoms with Crippen LogP contribution in [0.15, 0.2) is 4.99 Å². The maximum atomic E-state index is 13.2.